The molecule has 7 N–H and O–H groups in total. The van der Waals surface area contributed by atoms with Crippen molar-refractivity contribution in [2.45, 2.75) is 23.8 Å². The van der Waals surface area contributed by atoms with Gasteiger partial charge in [0.05, 0.1) is 28.5 Å². The molecule has 1 aromatic heterocycles. The minimum absolute atomic E-state index is 0.0747. The highest BCUT2D eigenvalue weighted by atomic mass is 32.2. The number of sulfonamides is 1. The summed E-state index contributed by atoms with van der Waals surface area (Å²) in [6, 6.07) is 6.02. The maximum Gasteiger partial charge on any atom is 0.261 e. The van der Waals surface area contributed by atoms with Gasteiger partial charge in [-0.25, -0.2) is 13.4 Å². The number of ether oxygens (including phenoxy) is 1. The molecule has 3 rings (SSSR count). The Morgan fingerprint density at radius 2 is 1.86 bits per heavy atom. The molecule has 0 aliphatic carbocycles. The number of nitrogens with one attached hydrogen (secondary N) is 1. The van der Waals surface area contributed by atoms with E-state index in [1.807, 2.05) is 0 Å². The van der Waals surface area contributed by atoms with E-state index in [0.29, 0.717) is 24.6 Å². The predicted octanol–water partition coefficient (Wildman–Crippen LogP) is 0.255. The van der Waals surface area contributed by atoms with Crippen LogP contribution < -0.4 is 21.9 Å². The van der Waals surface area contributed by atoms with Crippen molar-refractivity contribution in [2.75, 3.05) is 17.9 Å². The van der Waals surface area contributed by atoms with E-state index in [9.17, 15) is 8.42 Å². The van der Waals surface area contributed by atoms with Crippen molar-refractivity contribution in [3.05, 3.63) is 36.7 Å². The van der Waals surface area contributed by atoms with Gasteiger partial charge in [-0.15, -0.1) is 0 Å². The molecule has 0 spiro atoms. The summed E-state index contributed by atoms with van der Waals surface area (Å²) in [5, 5.41) is 4.26. The standard InChI is InChI=1S/C16H22N8O3S/c17-15(18)22-16(19)21-11-1-3-14(4-2-11)28(25,26)23-12-9-20-24(10-12)13-5-7-27-8-6-13/h1-4,9-10,13,23H,5-8H2,(H6,17,18,19,21,22). The van der Waals surface area contributed by atoms with E-state index in [1.54, 1.807) is 10.9 Å². The van der Waals surface area contributed by atoms with Crippen LogP contribution in [0.25, 0.3) is 0 Å². The molecule has 28 heavy (non-hydrogen) atoms. The van der Waals surface area contributed by atoms with Gasteiger partial charge in [-0.05, 0) is 37.1 Å². The molecule has 2 aromatic rings. The molecule has 150 valence electrons. The first-order valence-corrected chi connectivity index (χ1v) is 10.0. The fourth-order valence-corrected chi connectivity index (χ4v) is 3.77. The van der Waals surface area contributed by atoms with Crippen molar-refractivity contribution in [1.82, 2.24) is 9.78 Å². The van der Waals surface area contributed by atoms with Crippen molar-refractivity contribution in [2.24, 2.45) is 27.2 Å². The largest absolute Gasteiger partial charge is 0.381 e. The zero-order valence-electron chi connectivity index (χ0n) is 15.0. The van der Waals surface area contributed by atoms with Crippen molar-refractivity contribution in [1.29, 1.82) is 0 Å². The summed E-state index contributed by atoms with van der Waals surface area (Å²) >= 11 is 0. The van der Waals surface area contributed by atoms with Crippen LogP contribution in [0.15, 0.2) is 51.5 Å². The third-order valence-corrected chi connectivity index (χ3v) is 5.45. The van der Waals surface area contributed by atoms with Gasteiger partial charge in [-0.2, -0.15) is 10.1 Å². The molecule has 1 fully saturated rings. The van der Waals surface area contributed by atoms with E-state index in [4.69, 9.17) is 21.9 Å². The third kappa shape index (κ3) is 4.98. The second-order valence-electron chi connectivity index (χ2n) is 6.16. The van der Waals surface area contributed by atoms with Crippen molar-refractivity contribution < 1.29 is 13.2 Å². The van der Waals surface area contributed by atoms with E-state index in [-0.39, 0.29) is 22.9 Å². The smallest absolute Gasteiger partial charge is 0.261 e. The number of nitrogens with zero attached hydrogens (tertiary/aromatic N) is 4. The molecular weight excluding hydrogens is 384 g/mol. The molecule has 0 atom stereocenters. The third-order valence-electron chi connectivity index (χ3n) is 4.05. The zero-order valence-corrected chi connectivity index (χ0v) is 15.8. The summed E-state index contributed by atoms with van der Waals surface area (Å²) in [4.78, 5) is 7.64. The normalized spacial score (nSPS) is 15.9. The highest BCUT2D eigenvalue weighted by molar-refractivity contribution is 7.92. The predicted molar refractivity (Wildman–Crippen MR) is 106 cm³/mol. The highest BCUT2D eigenvalue weighted by Crippen LogP contribution is 2.23. The molecule has 1 aromatic carbocycles. The van der Waals surface area contributed by atoms with Crippen molar-refractivity contribution in [3.63, 3.8) is 0 Å². The maximum atomic E-state index is 12.6. The van der Waals surface area contributed by atoms with Gasteiger partial charge < -0.3 is 21.9 Å². The van der Waals surface area contributed by atoms with Crippen molar-refractivity contribution >= 4 is 33.3 Å². The van der Waals surface area contributed by atoms with E-state index < -0.39 is 10.0 Å². The first-order chi connectivity index (χ1) is 13.3. The fraction of sp³-hybridized carbons (Fsp3) is 0.312. The summed E-state index contributed by atoms with van der Waals surface area (Å²) in [5.41, 5.74) is 16.8. The lowest BCUT2D eigenvalue weighted by Crippen LogP contribution is -2.26. The van der Waals surface area contributed by atoms with Crippen molar-refractivity contribution in [3.8, 4) is 0 Å². The Hall–Kier alpha value is -3.12. The van der Waals surface area contributed by atoms with Crippen LogP contribution >= 0.6 is 0 Å². The lowest BCUT2D eigenvalue weighted by molar-refractivity contribution is 0.0662. The van der Waals surface area contributed by atoms with E-state index in [0.717, 1.165) is 12.8 Å². The first-order valence-electron chi connectivity index (χ1n) is 8.52. The number of aromatic nitrogens is 2. The van der Waals surface area contributed by atoms with Gasteiger partial charge in [0.15, 0.2) is 5.96 Å². The average molecular weight is 406 g/mol. The van der Waals surface area contributed by atoms with Crippen LogP contribution in [0.3, 0.4) is 0 Å². The molecule has 0 amide bonds. The number of aliphatic imine (C=N–C) groups is 2. The van der Waals surface area contributed by atoms with Crippen LogP contribution in [0.4, 0.5) is 11.4 Å². The van der Waals surface area contributed by atoms with E-state index in [1.165, 1.54) is 30.5 Å². The van der Waals surface area contributed by atoms with E-state index >= 15 is 0 Å². The Labute approximate surface area is 162 Å². The van der Waals surface area contributed by atoms with Crippen LogP contribution in [0.1, 0.15) is 18.9 Å². The first kappa shape index (κ1) is 19.6. The van der Waals surface area contributed by atoms with Gasteiger partial charge in [-0.1, -0.05) is 0 Å². The molecule has 2 heterocycles. The van der Waals surface area contributed by atoms with Crippen LogP contribution in [0.2, 0.25) is 0 Å². The second kappa shape index (κ2) is 8.27. The quantitative estimate of drug-likeness (QED) is 0.406. The number of anilines is 1. The summed E-state index contributed by atoms with van der Waals surface area (Å²) in [6.45, 7) is 1.35. The second-order valence-corrected chi connectivity index (χ2v) is 7.84. The molecule has 11 nitrogen and oxygen atoms in total. The Balaban J connectivity index is 1.71. The molecule has 0 bridgehead atoms. The van der Waals surface area contributed by atoms with Gasteiger partial charge in [0, 0.05) is 19.4 Å². The minimum Gasteiger partial charge on any atom is -0.381 e. The SMILES string of the molecule is NC(N)=NC(N)=Nc1ccc(S(=O)(=O)Nc2cnn(C3CCOCC3)c2)cc1. The number of hydrogen-bond acceptors (Lipinski definition) is 5. The summed E-state index contributed by atoms with van der Waals surface area (Å²) in [7, 11) is -3.77. The molecule has 1 saturated heterocycles. The number of guanidine groups is 2. The van der Waals surface area contributed by atoms with Gasteiger partial charge in [-0.3, -0.25) is 9.40 Å². The summed E-state index contributed by atoms with van der Waals surface area (Å²) in [5.74, 6) is -0.347. The van der Waals surface area contributed by atoms with Crippen LogP contribution in [-0.4, -0.2) is 43.3 Å². The van der Waals surface area contributed by atoms with Gasteiger partial charge in [0.1, 0.15) is 0 Å². The Morgan fingerprint density at radius 3 is 2.50 bits per heavy atom. The molecule has 1 aliphatic rings. The molecule has 0 radical (unpaired) electrons. The van der Waals surface area contributed by atoms with Crippen LogP contribution in [0, 0.1) is 0 Å². The Bertz CT molecular complexity index is 972. The number of benzene rings is 1. The maximum absolute atomic E-state index is 12.6. The molecular formula is C16H22N8O3S. The highest BCUT2D eigenvalue weighted by Gasteiger charge is 2.19. The minimum atomic E-state index is -3.77. The lowest BCUT2D eigenvalue weighted by atomic mass is 10.1. The van der Waals surface area contributed by atoms with E-state index in [2.05, 4.69) is 19.8 Å². The summed E-state index contributed by atoms with van der Waals surface area (Å²) < 4.78 is 34.8. The lowest BCUT2D eigenvalue weighted by Gasteiger charge is -2.22. The molecule has 1 aliphatic heterocycles. The molecule has 0 unspecified atom stereocenters. The van der Waals surface area contributed by atoms with Crippen LogP contribution in [0.5, 0.6) is 0 Å². The average Bonchev–Trinajstić information content (AvgIpc) is 3.10. The topological polar surface area (TPSA) is 176 Å². The monoisotopic (exact) mass is 406 g/mol. The summed E-state index contributed by atoms with van der Waals surface area (Å²) in [6.07, 6.45) is 4.86. The number of rotatable bonds is 5. The fourth-order valence-electron chi connectivity index (χ4n) is 2.74. The van der Waals surface area contributed by atoms with Gasteiger partial charge >= 0.3 is 0 Å². The van der Waals surface area contributed by atoms with Gasteiger partial charge in [0.25, 0.3) is 10.0 Å². The van der Waals surface area contributed by atoms with Crippen LogP contribution in [-0.2, 0) is 14.8 Å². The Morgan fingerprint density at radius 1 is 1.18 bits per heavy atom. The van der Waals surface area contributed by atoms with Gasteiger partial charge in [0.2, 0.25) is 5.96 Å². The molecule has 0 saturated carbocycles. The zero-order chi connectivity index (χ0) is 20.1. The molecule has 12 heteroatoms. The Kier molecular flexibility index (Phi) is 5.80. The number of nitrogens with two attached hydrogens (primary N) is 3. The number of hydrogen-bond donors (Lipinski definition) is 4.